The summed E-state index contributed by atoms with van der Waals surface area (Å²) in [4.78, 5) is 0. The zero-order valence-corrected chi connectivity index (χ0v) is 22.7. The molecule has 0 amide bonds. The van der Waals surface area contributed by atoms with Crippen LogP contribution < -0.4 is 0 Å². The largest absolute Gasteiger partial charge is 0.285 e. The van der Waals surface area contributed by atoms with Crippen LogP contribution >= 0.6 is 12.2 Å². The van der Waals surface area contributed by atoms with Crippen molar-refractivity contribution in [1.82, 2.24) is 14.9 Å². The maximum atomic E-state index is 12.1. The van der Waals surface area contributed by atoms with Gasteiger partial charge in [0.2, 0.25) is 4.77 Å². The normalized spacial score (nSPS) is 13.0. The van der Waals surface area contributed by atoms with Crippen LogP contribution in [0.15, 0.2) is 35.4 Å². The molecule has 0 saturated carbocycles. The van der Waals surface area contributed by atoms with Crippen LogP contribution in [0.4, 0.5) is 0 Å². The van der Waals surface area contributed by atoms with Gasteiger partial charge in [-0.05, 0) is 24.2 Å². The van der Waals surface area contributed by atoms with Crippen molar-refractivity contribution >= 4 is 28.6 Å². The number of hydrogen-bond donors (Lipinski definition) is 2. The summed E-state index contributed by atoms with van der Waals surface area (Å²) < 4.78 is 35.6. The van der Waals surface area contributed by atoms with E-state index in [9.17, 15) is 13.0 Å². The van der Waals surface area contributed by atoms with E-state index in [0.717, 1.165) is 24.8 Å². The van der Waals surface area contributed by atoms with Crippen molar-refractivity contribution in [3.63, 3.8) is 0 Å². The van der Waals surface area contributed by atoms with Gasteiger partial charge in [-0.2, -0.15) is 23.3 Å². The number of hydrogen-bond acceptors (Lipinski definition) is 5. The Morgan fingerprint density at radius 2 is 1.46 bits per heavy atom. The Balaban J connectivity index is 1.73. The fourth-order valence-corrected chi connectivity index (χ4v) is 5.29. The second-order valence-corrected chi connectivity index (χ2v) is 11.2. The third-order valence-electron chi connectivity index (χ3n) is 6.26. The Hall–Kier alpha value is -1.84. The zero-order chi connectivity index (χ0) is 25.4. The number of rotatable bonds is 19. The lowest BCUT2D eigenvalue weighted by Crippen LogP contribution is -2.16. The highest BCUT2D eigenvalue weighted by Crippen LogP contribution is 2.27. The lowest BCUT2D eigenvalue weighted by Gasteiger charge is -2.12. The first-order valence-corrected chi connectivity index (χ1v) is 15.1. The molecule has 0 spiro atoms. The van der Waals surface area contributed by atoms with Crippen LogP contribution in [0.25, 0.3) is 0 Å². The van der Waals surface area contributed by atoms with E-state index in [-0.39, 0.29) is 17.0 Å². The predicted molar refractivity (Wildman–Crippen MR) is 146 cm³/mol. The summed E-state index contributed by atoms with van der Waals surface area (Å²) in [6, 6.07) is 9.42. The van der Waals surface area contributed by atoms with E-state index in [1.807, 2.05) is 30.3 Å². The van der Waals surface area contributed by atoms with Gasteiger partial charge in [0.05, 0.1) is 6.21 Å². The van der Waals surface area contributed by atoms with Gasteiger partial charge in [0, 0.05) is 0 Å². The molecule has 35 heavy (non-hydrogen) atoms. The molecule has 0 radical (unpaired) electrons. The molecule has 0 aliphatic rings. The molecular formula is C26H42N4O3S2. The minimum Gasteiger partial charge on any atom is -0.285 e. The number of unbranched alkanes of at least 4 members (excludes halogenated alkanes) is 13. The number of H-pyrrole nitrogens is 1. The van der Waals surface area contributed by atoms with Crippen LogP contribution in [-0.4, -0.2) is 34.1 Å². The molecule has 0 saturated heterocycles. The van der Waals surface area contributed by atoms with Crippen molar-refractivity contribution in [3.8, 4) is 0 Å². The Labute approximate surface area is 216 Å². The fraction of sp³-hybridized carbons (Fsp3) is 0.654. The van der Waals surface area contributed by atoms with Gasteiger partial charge < -0.3 is 0 Å². The van der Waals surface area contributed by atoms with Crippen LogP contribution in [0, 0.1) is 4.77 Å². The lowest BCUT2D eigenvalue weighted by molar-refractivity contribution is 0.451. The quantitative estimate of drug-likeness (QED) is 0.0855. The number of benzene rings is 1. The fourth-order valence-electron chi connectivity index (χ4n) is 4.22. The van der Waals surface area contributed by atoms with E-state index < -0.39 is 15.4 Å². The standard InChI is InChI=1S/C26H42N4O3S2/c1-2-3-4-5-6-7-8-9-10-11-12-13-14-18-21-24(35(31,32)33)25-28-29-26(34)30(25)27-22-23-19-16-15-17-20-23/h15-17,19-20,22,24H,2-14,18,21H2,1H3,(H,29,34)(H,31,32,33)/b27-22+. The van der Waals surface area contributed by atoms with E-state index >= 15 is 0 Å². The Kier molecular flexibility index (Phi) is 14.1. The molecule has 1 heterocycles. The highest BCUT2D eigenvalue weighted by molar-refractivity contribution is 7.86. The van der Waals surface area contributed by atoms with E-state index in [2.05, 4.69) is 22.2 Å². The lowest BCUT2D eigenvalue weighted by atomic mass is 10.0. The predicted octanol–water partition coefficient (Wildman–Crippen LogP) is 7.62. The van der Waals surface area contributed by atoms with Crippen LogP contribution in [0.1, 0.15) is 120 Å². The molecule has 0 bridgehead atoms. The first-order valence-electron chi connectivity index (χ1n) is 13.2. The van der Waals surface area contributed by atoms with Crippen molar-refractivity contribution in [3.05, 3.63) is 46.5 Å². The van der Waals surface area contributed by atoms with Crippen LogP contribution in [0.5, 0.6) is 0 Å². The third kappa shape index (κ3) is 11.6. The molecule has 2 rings (SSSR count). The molecule has 0 aliphatic carbocycles. The first kappa shape index (κ1) is 29.4. The van der Waals surface area contributed by atoms with Gasteiger partial charge in [0.15, 0.2) is 5.82 Å². The molecule has 2 N–H and O–H groups in total. The molecule has 0 fully saturated rings. The van der Waals surface area contributed by atoms with Gasteiger partial charge in [-0.3, -0.25) is 9.65 Å². The molecule has 1 atom stereocenters. The highest BCUT2D eigenvalue weighted by Gasteiger charge is 2.30. The molecular weight excluding hydrogens is 480 g/mol. The molecule has 2 aromatic rings. The number of aromatic nitrogens is 3. The molecule has 1 unspecified atom stereocenters. The molecule has 7 nitrogen and oxygen atoms in total. The van der Waals surface area contributed by atoms with Gasteiger partial charge in [0.1, 0.15) is 5.25 Å². The highest BCUT2D eigenvalue weighted by atomic mass is 32.2. The zero-order valence-electron chi connectivity index (χ0n) is 21.1. The smallest absolute Gasteiger partial charge is 0.275 e. The number of nitrogens with zero attached hydrogens (tertiary/aromatic N) is 3. The van der Waals surface area contributed by atoms with Crippen LogP contribution in [0.2, 0.25) is 0 Å². The first-order chi connectivity index (χ1) is 16.9. The molecule has 1 aromatic heterocycles. The summed E-state index contributed by atoms with van der Waals surface area (Å²) in [7, 11) is -4.35. The van der Waals surface area contributed by atoms with Crippen molar-refractivity contribution in [1.29, 1.82) is 0 Å². The van der Waals surface area contributed by atoms with Gasteiger partial charge in [-0.1, -0.05) is 127 Å². The second-order valence-electron chi connectivity index (χ2n) is 9.24. The summed E-state index contributed by atoms with van der Waals surface area (Å²) in [6.07, 6.45) is 19.0. The van der Waals surface area contributed by atoms with Gasteiger partial charge in [-0.15, -0.1) is 0 Å². The van der Waals surface area contributed by atoms with Crippen LogP contribution in [-0.2, 0) is 10.1 Å². The molecule has 0 aliphatic heterocycles. The van der Waals surface area contributed by atoms with E-state index in [4.69, 9.17) is 12.2 Å². The van der Waals surface area contributed by atoms with Gasteiger partial charge >= 0.3 is 0 Å². The SMILES string of the molecule is CCCCCCCCCCCCCCCCC(c1n[nH]c(=S)n1/N=C/c1ccccc1)S(=O)(=O)O. The average Bonchev–Trinajstić information content (AvgIpc) is 3.19. The second kappa shape index (κ2) is 16.8. The Morgan fingerprint density at radius 3 is 1.97 bits per heavy atom. The number of aromatic amines is 1. The van der Waals surface area contributed by atoms with Crippen molar-refractivity contribution < 1.29 is 13.0 Å². The maximum Gasteiger partial charge on any atom is 0.275 e. The minimum absolute atomic E-state index is 0.111. The minimum atomic E-state index is -4.35. The Bertz CT molecular complexity index is 1020. The molecule has 196 valence electrons. The summed E-state index contributed by atoms with van der Waals surface area (Å²) in [5.41, 5.74) is 0.844. The van der Waals surface area contributed by atoms with Crippen molar-refractivity contribution in [2.45, 2.75) is 108 Å². The summed E-state index contributed by atoms with van der Waals surface area (Å²) >= 11 is 5.23. The van der Waals surface area contributed by atoms with E-state index in [0.29, 0.717) is 6.42 Å². The number of nitrogens with one attached hydrogen (secondary N) is 1. The third-order valence-corrected chi connectivity index (χ3v) is 7.69. The van der Waals surface area contributed by atoms with E-state index in [1.54, 1.807) is 6.21 Å². The van der Waals surface area contributed by atoms with Gasteiger partial charge in [0.25, 0.3) is 10.1 Å². The summed E-state index contributed by atoms with van der Waals surface area (Å²) in [6.45, 7) is 2.25. The molecule has 1 aromatic carbocycles. The monoisotopic (exact) mass is 522 g/mol. The van der Waals surface area contributed by atoms with Crippen molar-refractivity contribution in [2.24, 2.45) is 5.10 Å². The topological polar surface area (TPSA) is 100 Å². The summed E-state index contributed by atoms with van der Waals surface area (Å²) in [5, 5.41) is 9.82. The maximum absolute atomic E-state index is 12.1. The summed E-state index contributed by atoms with van der Waals surface area (Å²) in [5.74, 6) is 0.111. The average molecular weight is 523 g/mol. The van der Waals surface area contributed by atoms with E-state index in [1.165, 1.54) is 68.9 Å². The van der Waals surface area contributed by atoms with Gasteiger partial charge in [-0.25, -0.2) is 0 Å². The Morgan fingerprint density at radius 1 is 0.943 bits per heavy atom. The van der Waals surface area contributed by atoms with Crippen molar-refractivity contribution in [2.75, 3.05) is 0 Å². The molecule has 9 heteroatoms. The van der Waals surface area contributed by atoms with Crippen LogP contribution in [0.3, 0.4) is 0 Å².